The van der Waals surface area contributed by atoms with Crippen molar-refractivity contribution in [3.63, 3.8) is 0 Å². The molecule has 1 aromatic rings. The molecule has 1 saturated heterocycles. The van der Waals surface area contributed by atoms with Gasteiger partial charge in [0, 0.05) is 12.1 Å². The molecule has 1 aliphatic rings. The van der Waals surface area contributed by atoms with Crippen molar-refractivity contribution >= 4 is 11.9 Å². The second kappa shape index (κ2) is 5.69. The number of hydrogen-bond acceptors (Lipinski definition) is 4. The highest BCUT2D eigenvalue weighted by Crippen LogP contribution is 2.27. The number of carbonyl (C=O) groups excluding carboxylic acids is 2. The molecule has 1 amide bonds. The first-order chi connectivity index (χ1) is 9.47. The standard InChI is InChI=1S/C15H21NO4/c1-5-19-15(18)12-7-6-8-16(12)14(17)13-9(2)10(3)20-11(13)4/h12H,5-8H2,1-4H3. The van der Waals surface area contributed by atoms with Gasteiger partial charge in [-0.3, -0.25) is 4.79 Å². The van der Waals surface area contributed by atoms with Crippen LogP contribution in [0.15, 0.2) is 4.42 Å². The van der Waals surface area contributed by atoms with Gasteiger partial charge in [-0.05, 0) is 40.5 Å². The Morgan fingerprint density at radius 1 is 1.30 bits per heavy atom. The lowest BCUT2D eigenvalue weighted by atomic mass is 10.1. The van der Waals surface area contributed by atoms with Crippen molar-refractivity contribution in [2.75, 3.05) is 13.2 Å². The predicted octanol–water partition coefficient (Wildman–Crippen LogP) is 2.37. The Morgan fingerprint density at radius 3 is 2.55 bits per heavy atom. The molecule has 0 spiro atoms. The highest BCUT2D eigenvalue weighted by Gasteiger charge is 2.37. The minimum absolute atomic E-state index is 0.132. The molecule has 5 nitrogen and oxygen atoms in total. The number of ether oxygens (including phenoxy) is 1. The molecule has 1 aliphatic heterocycles. The molecule has 0 aliphatic carbocycles. The maximum absolute atomic E-state index is 12.7. The molecule has 0 aromatic carbocycles. The van der Waals surface area contributed by atoms with Crippen LogP contribution < -0.4 is 0 Å². The van der Waals surface area contributed by atoms with Gasteiger partial charge in [0.25, 0.3) is 5.91 Å². The van der Waals surface area contributed by atoms with Gasteiger partial charge < -0.3 is 14.1 Å². The number of aryl methyl sites for hydroxylation is 2. The Hall–Kier alpha value is -1.78. The van der Waals surface area contributed by atoms with E-state index in [-0.39, 0.29) is 11.9 Å². The zero-order valence-corrected chi connectivity index (χ0v) is 12.5. The molecule has 0 bridgehead atoms. The van der Waals surface area contributed by atoms with Crippen molar-refractivity contribution in [2.45, 2.75) is 46.6 Å². The average Bonchev–Trinajstić information content (AvgIpc) is 2.96. The second-order valence-corrected chi connectivity index (χ2v) is 5.12. The van der Waals surface area contributed by atoms with E-state index < -0.39 is 6.04 Å². The van der Waals surface area contributed by atoms with Crippen LogP contribution in [0, 0.1) is 20.8 Å². The van der Waals surface area contributed by atoms with Gasteiger partial charge in [-0.2, -0.15) is 0 Å². The van der Waals surface area contributed by atoms with Gasteiger partial charge in [0.1, 0.15) is 17.6 Å². The van der Waals surface area contributed by atoms with E-state index in [1.54, 1.807) is 18.7 Å². The highest BCUT2D eigenvalue weighted by atomic mass is 16.5. The Labute approximate surface area is 118 Å². The Bertz CT molecular complexity index is 532. The van der Waals surface area contributed by atoms with Crippen molar-refractivity contribution in [3.8, 4) is 0 Å². The fourth-order valence-corrected chi connectivity index (χ4v) is 2.75. The molecule has 1 aromatic heterocycles. The van der Waals surface area contributed by atoms with Gasteiger partial charge in [-0.15, -0.1) is 0 Å². The van der Waals surface area contributed by atoms with E-state index in [4.69, 9.17) is 9.15 Å². The minimum atomic E-state index is -0.462. The van der Waals surface area contributed by atoms with Crippen LogP contribution in [0.1, 0.15) is 47.2 Å². The predicted molar refractivity (Wildman–Crippen MR) is 73.6 cm³/mol. The molecular weight excluding hydrogens is 258 g/mol. The van der Waals surface area contributed by atoms with Crippen LogP contribution in [-0.2, 0) is 9.53 Å². The lowest BCUT2D eigenvalue weighted by Crippen LogP contribution is -2.41. The van der Waals surface area contributed by atoms with Gasteiger partial charge in [-0.25, -0.2) is 4.79 Å². The third-order valence-electron chi connectivity index (χ3n) is 3.85. The monoisotopic (exact) mass is 279 g/mol. The number of furan rings is 1. The molecule has 2 heterocycles. The third kappa shape index (κ3) is 2.44. The van der Waals surface area contributed by atoms with Crippen LogP contribution in [0.5, 0.6) is 0 Å². The number of hydrogen-bond donors (Lipinski definition) is 0. The topological polar surface area (TPSA) is 59.8 Å². The van der Waals surface area contributed by atoms with Crippen molar-refractivity contribution in [2.24, 2.45) is 0 Å². The molecule has 2 rings (SSSR count). The summed E-state index contributed by atoms with van der Waals surface area (Å²) >= 11 is 0. The van der Waals surface area contributed by atoms with Crippen LogP contribution in [0.3, 0.4) is 0 Å². The van der Waals surface area contributed by atoms with E-state index >= 15 is 0 Å². The summed E-state index contributed by atoms with van der Waals surface area (Å²) in [5.41, 5.74) is 1.43. The summed E-state index contributed by atoms with van der Waals surface area (Å²) in [6.45, 7) is 8.18. The zero-order valence-electron chi connectivity index (χ0n) is 12.5. The Kier molecular flexibility index (Phi) is 4.16. The van der Waals surface area contributed by atoms with E-state index in [0.717, 1.165) is 17.7 Å². The lowest BCUT2D eigenvalue weighted by Gasteiger charge is -2.23. The molecule has 5 heteroatoms. The van der Waals surface area contributed by atoms with Crippen molar-refractivity contribution in [1.82, 2.24) is 4.90 Å². The zero-order chi connectivity index (χ0) is 14.9. The number of likely N-dealkylation sites (tertiary alicyclic amines) is 1. The summed E-state index contributed by atoms with van der Waals surface area (Å²) in [5, 5.41) is 0. The summed E-state index contributed by atoms with van der Waals surface area (Å²) in [6.07, 6.45) is 1.49. The lowest BCUT2D eigenvalue weighted by molar-refractivity contribution is -0.147. The fraction of sp³-hybridized carbons (Fsp3) is 0.600. The minimum Gasteiger partial charge on any atom is -0.466 e. The van der Waals surface area contributed by atoms with E-state index in [1.165, 1.54) is 0 Å². The van der Waals surface area contributed by atoms with Crippen molar-refractivity contribution in [3.05, 3.63) is 22.6 Å². The smallest absolute Gasteiger partial charge is 0.328 e. The largest absolute Gasteiger partial charge is 0.466 e. The van der Waals surface area contributed by atoms with Crippen LogP contribution in [-0.4, -0.2) is 36.0 Å². The maximum Gasteiger partial charge on any atom is 0.328 e. The summed E-state index contributed by atoms with van der Waals surface area (Å²) in [7, 11) is 0. The number of esters is 1. The first-order valence-corrected chi connectivity index (χ1v) is 7.01. The first kappa shape index (κ1) is 14.6. The summed E-state index contributed by atoms with van der Waals surface area (Å²) in [6, 6.07) is -0.462. The van der Waals surface area contributed by atoms with Gasteiger partial charge in [0.2, 0.25) is 0 Å². The molecule has 0 saturated carbocycles. The molecule has 1 fully saturated rings. The number of amides is 1. The van der Waals surface area contributed by atoms with Gasteiger partial charge in [0.05, 0.1) is 12.2 Å². The van der Waals surface area contributed by atoms with Crippen LogP contribution in [0.4, 0.5) is 0 Å². The molecule has 110 valence electrons. The van der Waals surface area contributed by atoms with Crippen LogP contribution in [0.25, 0.3) is 0 Å². The molecule has 1 unspecified atom stereocenters. The van der Waals surface area contributed by atoms with Gasteiger partial charge in [-0.1, -0.05) is 0 Å². The normalized spacial score (nSPS) is 18.4. The summed E-state index contributed by atoms with van der Waals surface area (Å²) in [5.74, 6) is 0.915. The number of carbonyl (C=O) groups is 2. The molecule has 1 atom stereocenters. The molecule has 0 N–H and O–H groups in total. The molecular formula is C15H21NO4. The van der Waals surface area contributed by atoms with Gasteiger partial charge >= 0.3 is 5.97 Å². The maximum atomic E-state index is 12.7. The van der Waals surface area contributed by atoms with Crippen LogP contribution in [0.2, 0.25) is 0 Å². The third-order valence-corrected chi connectivity index (χ3v) is 3.85. The first-order valence-electron chi connectivity index (χ1n) is 7.01. The highest BCUT2D eigenvalue weighted by molar-refractivity contribution is 5.99. The van der Waals surface area contributed by atoms with Crippen LogP contribution >= 0.6 is 0 Å². The van der Waals surface area contributed by atoms with Crippen molar-refractivity contribution in [1.29, 1.82) is 0 Å². The van der Waals surface area contributed by atoms with E-state index in [1.807, 2.05) is 13.8 Å². The van der Waals surface area contributed by atoms with Gasteiger partial charge in [0.15, 0.2) is 0 Å². The quantitative estimate of drug-likeness (QED) is 0.797. The fourth-order valence-electron chi connectivity index (χ4n) is 2.75. The summed E-state index contributed by atoms with van der Waals surface area (Å²) < 4.78 is 10.6. The van der Waals surface area contributed by atoms with E-state index in [9.17, 15) is 9.59 Å². The SMILES string of the molecule is CCOC(=O)C1CCCN1C(=O)c1c(C)oc(C)c1C. The van der Waals surface area contributed by atoms with E-state index in [0.29, 0.717) is 30.9 Å². The summed E-state index contributed by atoms with van der Waals surface area (Å²) in [4.78, 5) is 26.2. The average molecular weight is 279 g/mol. The Morgan fingerprint density at radius 2 is 2.00 bits per heavy atom. The molecule has 20 heavy (non-hydrogen) atoms. The Balaban J connectivity index is 2.26. The van der Waals surface area contributed by atoms with Crippen molar-refractivity contribution < 1.29 is 18.7 Å². The number of rotatable bonds is 3. The van der Waals surface area contributed by atoms with E-state index in [2.05, 4.69) is 0 Å². The number of nitrogens with zero attached hydrogens (tertiary/aromatic N) is 1. The molecule has 0 radical (unpaired) electrons. The second-order valence-electron chi connectivity index (χ2n) is 5.12.